The lowest BCUT2D eigenvalue weighted by Gasteiger charge is -2.06. The zero-order valence-corrected chi connectivity index (χ0v) is 12.6. The molecule has 2 heterocycles. The molecule has 23 heavy (non-hydrogen) atoms. The molecule has 0 radical (unpaired) electrons. The summed E-state index contributed by atoms with van der Waals surface area (Å²) in [5.41, 5.74) is 1.58. The van der Waals surface area contributed by atoms with Gasteiger partial charge in [0.2, 0.25) is 5.91 Å². The maximum atomic E-state index is 11.9. The molecule has 0 fully saturated rings. The van der Waals surface area contributed by atoms with Crippen molar-refractivity contribution in [2.24, 2.45) is 0 Å². The Hall–Kier alpha value is -2.89. The van der Waals surface area contributed by atoms with Crippen LogP contribution in [0.5, 0.6) is 5.75 Å². The predicted octanol–water partition coefficient (Wildman–Crippen LogP) is 1.73. The maximum Gasteiger partial charge on any atom is 0.220 e. The molecular weight excluding hydrogens is 292 g/mol. The first kappa shape index (κ1) is 15.0. The molecule has 1 amide bonds. The van der Waals surface area contributed by atoms with Gasteiger partial charge in [-0.3, -0.25) is 9.20 Å². The van der Waals surface area contributed by atoms with Gasteiger partial charge in [-0.1, -0.05) is 24.3 Å². The Morgan fingerprint density at radius 1 is 1.09 bits per heavy atom. The van der Waals surface area contributed by atoms with Crippen LogP contribution in [0.3, 0.4) is 0 Å². The summed E-state index contributed by atoms with van der Waals surface area (Å²) < 4.78 is 1.91. The number of hydrogen-bond donors (Lipinski definition) is 2. The van der Waals surface area contributed by atoms with Gasteiger partial charge in [-0.2, -0.15) is 0 Å². The van der Waals surface area contributed by atoms with Crippen LogP contribution >= 0.6 is 0 Å². The van der Waals surface area contributed by atoms with E-state index in [9.17, 15) is 9.90 Å². The van der Waals surface area contributed by atoms with Crippen molar-refractivity contribution >= 4 is 11.6 Å². The smallest absolute Gasteiger partial charge is 0.220 e. The van der Waals surface area contributed by atoms with Gasteiger partial charge < -0.3 is 10.4 Å². The second-order valence-corrected chi connectivity index (χ2v) is 5.27. The fourth-order valence-corrected chi connectivity index (χ4v) is 2.43. The van der Waals surface area contributed by atoms with Gasteiger partial charge in [-0.25, -0.2) is 0 Å². The predicted molar refractivity (Wildman–Crippen MR) is 86.1 cm³/mol. The van der Waals surface area contributed by atoms with Gasteiger partial charge in [-0.15, -0.1) is 10.2 Å². The molecule has 3 rings (SSSR count). The summed E-state index contributed by atoms with van der Waals surface area (Å²) in [6, 6.07) is 12.8. The van der Waals surface area contributed by atoms with Crippen LogP contribution in [-0.4, -0.2) is 32.2 Å². The van der Waals surface area contributed by atoms with Gasteiger partial charge in [0.15, 0.2) is 5.65 Å². The molecule has 0 aliphatic heterocycles. The summed E-state index contributed by atoms with van der Waals surface area (Å²) in [6.45, 7) is 0.509. The van der Waals surface area contributed by atoms with Gasteiger partial charge in [0, 0.05) is 25.6 Å². The molecule has 0 aliphatic rings. The normalized spacial score (nSPS) is 10.8. The third kappa shape index (κ3) is 3.66. The number of aromatic nitrogens is 3. The molecule has 0 spiro atoms. The van der Waals surface area contributed by atoms with E-state index in [1.807, 2.05) is 40.9 Å². The Bertz CT molecular complexity index is 813. The first-order valence-electron chi connectivity index (χ1n) is 7.56. The van der Waals surface area contributed by atoms with E-state index < -0.39 is 0 Å². The van der Waals surface area contributed by atoms with Crippen molar-refractivity contribution in [3.8, 4) is 5.75 Å². The lowest BCUT2D eigenvalue weighted by molar-refractivity contribution is -0.121. The van der Waals surface area contributed by atoms with Gasteiger partial charge in [0.05, 0.1) is 0 Å². The van der Waals surface area contributed by atoms with Crippen LogP contribution in [-0.2, 0) is 17.6 Å². The van der Waals surface area contributed by atoms with Crippen LogP contribution in [0.15, 0.2) is 48.7 Å². The van der Waals surface area contributed by atoms with E-state index in [2.05, 4.69) is 15.5 Å². The largest absolute Gasteiger partial charge is 0.508 e. The van der Waals surface area contributed by atoms with Crippen molar-refractivity contribution in [1.82, 2.24) is 19.9 Å². The Morgan fingerprint density at radius 3 is 2.78 bits per heavy atom. The molecule has 2 aromatic heterocycles. The molecule has 0 aliphatic carbocycles. The fraction of sp³-hybridized carbons (Fsp3) is 0.235. The van der Waals surface area contributed by atoms with Crippen molar-refractivity contribution < 1.29 is 9.90 Å². The molecule has 6 heteroatoms. The number of pyridine rings is 1. The number of fused-ring (bicyclic) bond motifs is 1. The van der Waals surface area contributed by atoms with Crippen molar-refractivity contribution in [3.05, 3.63) is 60.0 Å². The number of hydrogen-bond acceptors (Lipinski definition) is 4. The van der Waals surface area contributed by atoms with Crippen LogP contribution in [0, 0.1) is 0 Å². The highest BCUT2D eigenvalue weighted by atomic mass is 16.3. The highest BCUT2D eigenvalue weighted by Crippen LogP contribution is 2.16. The number of amides is 1. The topological polar surface area (TPSA) is 79.5 Å². The third-order valence-corrected chi connectivity index (χ3v) is 3.67. The third-order valence-electron chi connectivity index (χ3n) is 3.67. The van der Waals surface area contributed by atoms with E-state index in [0.29, 0.717) is 25.8 Å². The molecule has 3 aromatic rings. The molecule has 0 atom stereocenters. The zero-order chi connectivity index (χ0) is 16.1. The highest BCUT2D eigenvalue weighted by Gasteiger charge is 2.07. The molecule has 1 aromatic carbocycles. The lowest BCUT2D eigenvalue weighted by Crippen LogP contribution is -2.26. The number of benzene rings is 1. The Kier molecular flexibility index (Phi) is 4.52. The molecule has 0 unspecified atom stereocenters. The van der Waals surface area contributed by atoms with Crippen LogP contribution in [0.1, 0.15) is 17.8 Å². The quantitative estimate of drug-likeness (QED) is 0.726. The van der Waals surface area contributed by atoms with Gasteiger partial charge in [0.25, 0.3) is 0 Å². The number of carbonyl (C=O) groups excluding carboxylic acids is 1. The summed E-state index contributed by atoms with van der Waals surface area (Å²) in [7, 11) is 0. The minimum Gasteiger partial charge on any atom is -0.508 e. The molecule has 0 saturated heterocycles. The lowest BCUT2D eigenvalue weighted by atomic mass is 10.1. The summed E-state index contributed by atoms with van der Waals surface area (Å²) in [6.07, 6.45) is 3.39. The molecule has 2 N–H and O–H groups in total. The molecule has 0 saturated carbocycles. The highest BCUT2D eigenvalue weighted by molar-refractivity contribution is 5.76. The molecule has 118 valence electrons. The molecule has 6 nitrogen and oxygen atoms in total. The minimum absolute atomic E-state index is 0.0397. The van der Waals surface area contributed by atoms with E-state index in [4.69, 9.17) is 0 Å². The van der Waals surface area contributed by atoms with Gasteiger partial charge in [0.1, 0.15) is 11.6 Å². The Morgan fingerprint density at radius 2 is 1.91 bits per heavy atom. The number of aromatic hydroxyl groups is 1. The first-order valence-corrected chi connectivity index (χ1v) is 7.56. The van der Waals surface area contributed by atoms with Gasteiger partial charge in [-0.05, 0) is 30.2 Å². The SMILES string of the molecule is O=C(CCc1ccccc1O)NCCc1nnc2ccccn12. The van der Waals surface area contributed by atoms with Crippen molar-refractivity contribution in [1.29, 1.82) is 0 Å². The number of nitrogens with zero attached hydrogens (tertiary/aromatic N) is 3. The second-order valence-electron chi connectivity index (χ2n) is 5.27. The number of phenols is 1. The number of carbonyl (C=O) groups is 1. The number of phenolic OH excluding ortho intramolecular Hbond substituents is 1. The minimum atomic E-state index is -0.0397. The standard InChI is InChI=1S/C17H18N4O2/c22-14-6-2-1-5-13(14)8-9-17(23)18-11-10-16-20-19-15-7-3-4-12-21(15)16/h1-7,12,22H,8-11H2,(H,18,23). The fourth-order valence-electron chi connectivity index (χ4n) is 2.43. The van der Waals surface area contributed by atoms with E-state index in [1.54, 1.807) is 12.1 Å². The van der Waals surface area contributed by atoms with Crippen LogP contribution < -0.4 is 5.32 Å². The van der Waals surface area contributed by atoms with Crippen molar-refractivity contribution in [3.63, 3.8) is 0 Å². The Labute approximate surface area is 133 Å². The second kappa shape index (κ2) is 6.91. The number of rotatable bonds is 6. The first-order chi connectivity index (χ1) is 11.2. The van der Waals surface area contributed by atoms with E-state index in [1.165, 1.54) is 0 Å². The van der Waals surface area contributed by atoms with Crippen molar-refractivity contribution in [2.75, 3.05) is 6.54 Å². The van der Waals surface area contributed by atoms with Crippen molar-refractivity contribution in [2.45, 2.75) is 19.3 Å². The summed E-state index contributed by atoms with van der Waals surface area (Å²) >= 11 is 0. The van der Waals surface area contributed by atoms with Crippen LogP contribution in [0.4, 0.5) is 0 Å². The maximum absolute atomic E-state index is 11.9. The van der Waals surface area contributed by atoms with E-state index in [0.717, 1.165) is 17.0 Å². The summed E-state index contributed by atoms with van der Waals surface area (Å²) in [5.74, 6) is 1.01. The zero-order valence-electron chi connectivity index (χ0n) is 12.6. The average Bonchev–Trinajstić information content (AvgIpc) is 2.98. The number of aryl methyl sites for hydroxylation is 1. The van der Waals surface area contributed by atoms with Crippen LogP contribution in [0.2, 0.25) is 0 Å². The van der Waals surface area contributed by atoms with Crippen LogP contribution in [0.25, 0.3) is 5.65 Å². The number of nitrogens with one attached hydrogen (secondary N) is 1. The van der Waals surface area contributed by atoms with E-state index in [-0.39, 0.29) is 11.7 Å². The molecular formula is C17H18N4O2. The average molecular weight is 310 g/mol. The number of para-hydroxylation sites is 1. The summed E-state index contributed by atoms with van der Waals surface area (Å²) in [5, 5.41) is 20.7. The molecule has 0 bridgehead atoms. The Balaban J connectivity index is 1.47. The summed E-state index contributed by atoms with van der Waals surface area (Å²) in [4.78, 5) is 11.9. The van der Waals surface area contributed by atoms with Gasteiger partial charge >= 0.3 is 0 Å². The monoisotopic (exact) mass is 310 g/mol. The van der Waals surface area contributed by atoms with E-state index >= 15 is 0 Å².